The van der Waals surface area contributed by atoms with Crippen molar-refractivity contribution in [2.24, 2.45) is 0 Å². The largest absolute Gasteiger partial charge is 0.346 e. The molecule has 0 unspecified atom stereocenters. The fourth-order valence-corrected chi connectivity index (χ4v) is 3.12. The molecule has 1 fully saturated rings. The van der Waals surface area contributed by atoms with E-state index in [9.17, 15) is 4.79 Å². The fraction of sp³-hybridized carbons (Fsp3) is 0.412. The average molecular weight is 325 g/mol. The molecule has 1 aliphatic heterocycles. The summed E-state index contributed by atoms with van der Waals surface area (Å²) in [4.78, 5) is 26.6. The number of nitrogens with one attached hydrogen (secondary N) is 1. The normalized spacial score (nSPS) is 18.0. The zero-order valence-electron chi connectivity index (χ0n) is 13.7. The van der Waals surface area contributed by atoms with E-state index in [1.165, 1.54) is 0 Å². The molecular weight excluding hydrogens is 306 g/mol. The van der Waals surface area contributed by atoms with E-state index in [1.807, 2.05) is 37.1 Å². The summed E-state index contributed by atoms with van der Waals surface area (Å²) in [6.07, 6.45) is 5.22. The highest BCUT2D eigenvalue weighted by Gasteiger charge is 2.34. The summed E-state index contributed by atoms with van der Waals surface area (Å²) >= 11 is 0. The van der Waals surface area contributed by atoms with Crippen molar-refractivity contribution in [1.82, 2.24) is 25.0 Å². The Morgan fingerprint density at radius 3 is 3.12 bits per heavy atom. The number of hydrogen-bond donors (Lipinski definition) is 1. The third kappa shape index (κ3) is 2.46. The molecule has 4 heterocycles. The molecule has 0 aliphatic carbocycles. The maximum Gasteiger partial charge on any atom is 0.256 e. The molecule has 1 N–H and O–H groups in total. The minimum Gasteiger partial charge on any atom is -0.346 e. The molecule has 0 aromatic carbocycles. The highest BCUT2D eigenvalue weighted by Crippen LogP contribution is 2.32. The maximum absolute atomic E-state index is 12.9. The van der Waals surface area contributed by atoms with Gasteiger partial charge < -0.3 is 14.4 Å². The Morgan fingerprint density at radius 2 is 2.33 bits per heavy atom. The third-order valence-electron chi connectivity index (χ3n) is 4.41. The van der Waals surface area contributed by atoms with E-state index in [0.717, 1.165) is 23.9 Å². The van der Waals surface area contributed by atoms with Crippen LogP contribution in [0, 0.1) is 0 Å². The van der Waals surface area contributed by atoms with Gasteiger partial charge in [-0.15, -0.1) is 0 Å². The van der Waals surface area contributed by atoms with Gasteiger partial charge in [0.05, 0.1) is 11.6 Å². The molecule has 7 nitrogen and oxygen atoms in total. The standard InChI is InChI=1S/C17H19N5O2/c1-10(2)16-20-15(21-24-16)13-4-3-7-22(13)17(23)12-8-11-5-6-18-14(11)19-9-12/h5-6,8-10,13H,3-4,7H2,1-2H3,(H,18,19)/t13-/m1/s1. The van der Waals surface area contributed by atoms with Gasteiger partial charge in [0.25, 0.3) is 5.91 Å². The lowest BCUT2D eigenvalue weighted by molar-refractivity contribution is 0.0728. The van der Waals surface area contributed by atoms with Gasteiger partial charge in [-0.1, -0.05) is 19.0 Å². The van der Waals surface area contributed by atoms with Gasteiger partial charge in [0.15, 0.2) is 5.82 Å². The number of rotatable bonds is 3. The second kappa shape index (κ2) is 5.74. The zero-order chi connectivity index (χ0) is 16.7. The Morgan fingerprint density at radius 1 is 1.46 bits per heavy atom. The van der Waals surface area contributed by atoms with E-state index in [1.54, 1.807) is 6.20 Å². The third-order valence-corrected chi connectivity index (χ3v) is 4.41. The topological polar surface area (TPSA) is 87.9 Å². The van der Waals surface area contributed by atoms with Crippen LogP contribution < -0.4 is 0 Å². The summed E-state index contributed by atoms with van der Waals surface area (Å²) in [7, 11) is 0. The Bertz CT molecular complexity index is 882. The second-order valence-electron chi connectivity index (χ2n) is 6.44. The lowest BCUT2D eigenvalue weighted by Gasteiger charge is -2.22. The van der Waals surface area contributed by atoms with Crippen molar-refractivity contribution in [3.05, 3.63) is 41.8 Å². The van der Waals surface area contributed by atoms with Crippen LogP contribution in [0.5, 0.6) is 0 Å². The van der Waals surface area contributed by atoms with Crippen molar-refractivity contribution in [3.63, 3.8) is 0 Å². The molecule has 4 rings (SSSR count). The van der Waals surface area contributed by atoms with E-state index < -0.39 is 0 Å². The number of aromatic amines is 1. The Labute approximate surface area is 139 Å². The first-order chi connectivity index (χ1) is 11.6. The van der Waals surface area contributed by atoms with Crippen LogP contribution in [-0.2, 0) is 0 Å². The van der Waals surface area contributed by atoms with Crippen molar-refractivity contribution >= 4 is 16.9 Å². The van der Waals surface area contributed by atoms with Gasteiger partial charge in [-0.25, -0.2) is 4.98 Å². The quantitative estimate of drug-likeness (QED) is 0.799. The van der Waals surface area contributed by atoms with Crippen LogP contribution in [0.2, 0.25) is 0 Å². The number of amides is 1. The molecule has 0 spiro atoms. The number of nitrogens with zero attached hydrogens (tertiary/aromatic N) is 4. The van der Waals surface area contributed by atoms with E-state index in [0.29, 0.717) is 23.8 Å². The first-order valence-corrected chi connectivity index (χ1v) is 8.21. The van der Waals surface area contributed by atoms with Gasteiger partial charge in [0, 0.05) is 30.2 Å². The number of pyridine rings is 1. The van der Waals surface area contributed by atoms with Crippen LogP contribution in [0.3, 0.4) is 0 Å². The van der Waals surface area contributed by atoms with Crippen molar-refractivity contribution in [3.8, 4) is 0 Å². The fourth-order valence-electron chi connectivity index (χ4n) is 3.12. The average Bonchev–Trinajstić information content (AvgIpc) is 3.31. The van der Waals surface area contributed by atoms with Gasteiger partial charge in [-0.3, -0.25) is 4.79 Å². The maximum atomic E-state index is 12.9. The minimum absolute atomic E-state index is 0.0380. The molecule has 0 radical (unpaired) electrons. The van der Waals surface area contributed by atoms with Crippen molar-refractivity contribution < 1.29 is 9.32 Å². The van der Waals surface area contributed by atoms with E-state index in [-0.39, 0.29) is 17.9 Å². The van der Waals surface area contributed by atoms with Gasteiger partial charge in [0.1, 0.15) is 5.65 Å². The SMILES string of the molecule is CC(C)c1nc([C@H]2CCCN2C(=O)c2cnc3[nH]ccc3c2)no1. The molecule has 24 heavy (non-hydrogen) atoms. The smallest absolute Gasteiger partial charge is 0.256 e. The van der Waals surface area contributed by atoms with Crippen LogP contribution in [0.4, 0.5) is 0 Å². The van der Waals surface area contributed by atoms with Crippen molar-refractivity contribution in [1.29, 1.82) is 0 Å². The van der Waals surface area contributed by atoms with Gasteiger partial charge in [0.2, 0.25) is 5.89 Å². The zero-order valence-corrected chi connectivity index (χ0v) is 13.7. The molecule has 7 heteroatoms. The Hall–Kier alpha value is -2.70. The first-order valence-electron chi connectivity index (χ1n) is 8.21. The molecule has 1 amide bonds. The number of aromatic nitrogens is 4. The predicted molar refractivity (Wildman–Crippen MR) is 87.5 cm³/mol. The summed E-state index contributed by atoms with van der Waals surface area (Å²) in [5.74, 6) is 1.35. The van der Waals surface area contributed by atoms with Gasteiger partial charge in [-0.2, -0.15) is 4.98 Å². The van der Waals surface area contributed by atoms with E-state index in [4.69, 9.17) is 4.52 Å². The van der Waals surface area contributed by atoms with Crippen LogP contribution in [0.25, 0.3) is 11.0 Å². The molecule has 1 atom stereocenters. The molecule has 124 valence electrons. The summed E-state index contributed by atoms with van der Waals surface area (Å²) in [5.41, 5.74) is 1.37. The lowest BCUT2D eigenvalue weighted by Crippen LogP contribution is -2.31. The molecule has 3 aromatic rings. The van der Waals surface area contributed by atoms with Crippen molar-refractivity contribution in [2.45, 2.75) is 38.6 Å². The molecule has 1 saturated heterocycles. The van der Waals surface area contributed by atoms with Crippen LogP contribution in [0.15, 0.2) is 29.0 Å². The predicted octanol–water partition coefficient (Wildman–Crippen LogP) is 3.05. The molecule has 0 bridgehead atoms. The van der Waals surface area contributed by atoms with Gasteiger partial charge >= 0.3 is 0 Å². The Kier molecular flexibility index (Phi) is 3.55. The summed E-state index contributed by atoms with van der Waals surface area (Å²) in [5, 5.41) is 5.02. The summed E-state index contributed by atoms with van der Waals surface area (Å²) in [6, 6.07) is 3.65. The number of carbonyl (C=O) groups excluding carboxylic acids is 1. The molecule has 3 aromatic heterocycles. The number of hydrogen-bond acceptors (Lipinski definition) is 5. The first kappa shape index (κ1) is 14.9. The Balaban J connectivity index is 1.62. The van der Waals surface area contributed by atoms with Crippen LogP contribution in [0.1, 0.15) is 60.7 Å². The molecule has 0 saturated carbocycles. The van der Waals surface area contributed by atoms with Gasteiger partial charge in [-0.05, 0) is 25.0 Å². The van der Waals surface area contributed by atoms with Crippen LogP contribution >= 0.6 is 0 Å². The second-order valence-corrected chi connectivity index (χ2v) is 6.44. The van der Waals surface area contributed by atoms with E-state index >= 15 is 0 Å². The lowest BCUT2D eigenvalue weighted by atomic mass is 10.1. The number of likely N-dealkylation sites (tertiary alicyclic amines) is 1. The van der Waals surface area contributed by atoms with Crippen LogP contribution in [-0.4, -0.2) is 37.5 Å². The number of carbonyl (C=O) groups is 1. The highest BCUT2D eigenvalue weighted by molar-refractivity contribution is 5.97. The number of fused-ring (bicyclic) bond motifs is 1. The monoisotopic (exact) mass is 325 g/mol. The van der Waals surface area contributed by atoms with E-state index in [2.05, 4.69) is 20.1 Å². The molecular formula is C17H19N5O2. The number of H-pyrrole nitrogens is 1. The van der Waals surface area contributed by atoms with Crippen molar-refractivity contribution in [2.75, 3.05) is 6.54 Å². The summed E-state index contributed by atoms with van der Waals surface area (Å²) < 4.78 is 5.30. The summed E-state index contributed by atoms with van der Waals surface area (Å²) in [6.45, 7) is 4.71. The minimum atomic E-state index is -0.129. The highest BCUT2D eigenvalue weighted by atomic mass is 16.5. The molecule has 1 aliphatic rings.